The van der Waals surface area contributed by atoms with Crippen molar-refractivity contribution in [2.24, 2.45) is 0 Å². The third-order valence-electron chi connectivity index (χ3n) is 11.1. The molecule has 8 rings (SSSR count). The van der Waals surface area contributed by atoms with Crippen LogP contribution < -0.4 is 26.2 Å². The first-order chi connectivity index (χ1) is 28.8. The summed E-state index contributed by atoms with van der Waals surface area (Å²) >= 11 is 0. The average Bonchev–Trinajstić information content (AvgIpc) is 3.99. The van der Waals surface area contributed by atoms with Crippen molar-refractivity contribution in [2.45, 2.75) is 68.7 Å². The summed E-state index contributed by atoms with van der Waals surface area (Å²) in [7, 11) is 0. The topological polar surface area (TPSA) is 192 Å². The zero-order valence-corrected chi connectivity index (χ0v) is 33.9. The molecule has 15 nitrogen and oxygen atoms in total. The number of fused-ring (bicyclic) bond motifs is 1. The molecule has 0 bridgehead atoms. The van der Waals surface area contributed by atoms with Crippen LogP contribution in [0.1, 0.15) is 48.4 Å². The summed E-state index contributed by atoms with van der Waals surface area (Å²) in [6, 6.07) is 31.7. The average molecular weight is 833 g/mol. The molecule has 1 saturated carbocycles. The Hall–Kier alpha value is -6.13. The Morgan fingerprint density at radius 2 is 1.58 bits per heavy atom. The van der Waals surface area contributed by atoms with Crippen LogP contribution in [0.2, 0.25) is 0 Å². The maximum atomic E-state index is 13.2. The fourth-order valence-electron chi connectivity index (χ4n) is 7.86. The van der Waals surface area contributed by atoms with Gasteiger partial charge < -0.3 is 45.7 Å². The van der Waals surface area contributed by atoms with E-state index in [1.54, 1.807) is 42.3 Å². The van der Waals surface area contributed by atoms with Crippen molar-refractivity contribution >= 4 is 53.0 Å². The molecule has 6 atom stereocenters. The van der Waals surface area contributed by atoms with Gasteiger partial charge in [0.1, 0.15) is 18.3 Å². The van der Waals surface area contributed by atoms with E-state index in [0.29, 0.717) is 54.7 Å². The minimum Gasteiger partial charge on any atom is -0.388 e. The van der Waals surface area contributed by atoms with Crippen LogP contribution in [0.25, 0.3) is 11.2 Å². The van der Waals surface area contributed by atoms with Crippen LogP contribution in [0.15, 0.2) is 122 Å². The highest BCUT2D eigenvalue weighted by Crippen LogP contribution is 2.36. The number of aliphatic hydroxyl groups is 2. The molecule has 2 aliphatic rings. The molecule has 2 fully saturated rings. The van der Waals surface area contributed by atoms with Crippen LogP contribution in [0, 0.1) is 0 Å². The lowest BCUT2D eigenvalue weighted by molar-refractivity contribution is -0.134. The smallest absolute Gasteiger partial charge is 0.319 e. The van der Waals surface area contributed by atoms with Gasteiger partial charge in [-0.25, -0.2) is 9.78 Å². The molecule has 6 N–H and O–H groups in total. The second-order valence-electron chi connectivity index (χ2n) is 15.1. The predicted octanol–water partition coefficient (Wildman–Crippen LogP) is 5.04. The van der Waals surface area contributed by atoms with Gasteiger partial charge in [0.25, 0.3) is 0 Å². The van der Waals surface area contributed by atoms with Gasteiger partial charge in [-0.15, -0.1) is 12.4 Å². The highest BCUT2D eigenvalue weighted by atomic mass is 35.5. The minimum atomic E-state index is -1.25. The Bertz CT molecular complexity index is 2290. The van der Waals surface area contributed by atoms with Gasteiger partial charge in [-0.05, 0) is 48.6 Å². The third kappa shape index (κ3) is 9.66. The summed E-state index contributed by atoms with van der Waals surface area (Å²) in [5.74, 6) is 0.537. The van der Waals surface area contributed by atoms with Crippen molar-refractivity contribution < 1.29 is 24.5 Å². The second kappa shape index (κ2) is 19.3. The lowest BCUT2D eigenvalue weighted by atomic mass is 9.91. The number of benzene rings is 3. The van der Waals surface area contributed by atoms with E-state index < -0.39 is 30.4 Å². The largest absolute Gasteiger partial charge is 0.388 e. The zero-order valence-electron chi connectivity index (χ0n) is 33.0. The van der Waals surface area contributed by atoms with E-state index in [0.717, 1.165) is 16.7 Å². The molecule has 3 aromatic carbocycles. The molecule has 0 radical (unpaired) electrons. The van der Waals surface area contributed by atoms with E-state index in [-0.39, 0.29) is 49.3 Å². The van der Waals surface area contributed by atoms with Crippen LogP contribution in [-0.2, 0) is 16.1 Å². The quantitative estimate of drug-likeness (QED) is 0.0862. The summed E-state index contributed by atoms with van der Waals surface area (Å²) < 4.78 is 7.58. The zero-order chi connectivity index (χ0) is 40.7. The number of amides is 3. The number of pyridine rings is 1. The number of urea groups is 1. The van der Waals surface area contributed by atoms with Crippen LogP contribution >= 0.6 is 12.4 Å². The molecule has 1 saturated heterocycles. The summed E-state index contributed by atoms with van der Waals surface area (Å²) in [6.07, 6.45) is 2.45. The predicted molar refractivity (Wildman–Crippen MR) is 231 cm³/mol. The van der Waals surface area contributed by atoms with Crippen molar-refractivity contribution in [3.8, 4) is 0 Å². The van der Waals surface area contributed by atoms with Gasteiger partial charge in [-0.3, -0.25) is 9.78 Å². The van der Waals surface area contributed by atoms with E-state index in [4.69, 9.17) is 19.7 Å². The number of halogens is 1. The molecule has 16 heteroatoms. The molecule has 3 aromatic heterocycles. The maximum Gasteiger partial charge on any atom is 0.319 e. The van der Waals surface area contributed by atoms with E-state index in [9.17, 15) is 19.8 Å². The first-order valence-electron chi connectivity index (χ1n) is 19.9. The molecular formula is C44H49ClN10O5. The van der Waals surface area contributed by atoms with Crippen LogP contribution in [0.5, 0.6) is 0 Å². The molecular weight excluding hydrogens is 784 g/mol. The number of hydrogen-bond acceptors (Lipinski definition) is 11. The van der Waals surface area contributed by atoms with E-state index >= 15 is 0 Å². The summed E-state index contributed by atoms with van der Waals surface area (Å²) in [5, 5.41) is 35.1. The van der Waals surface area contributed by atoms with E-state index in [2.05, 4.69) is 50.5 Å². The van der Waals surface area contributed by atoms with E-state index in [1.807, 2.05) is 71.6 Å². The van der Waals surface area contributed by atoms with Crippen molar-refractivity contribution in [2.75, 3.05) is 35.2 Å². The van der Waals surface area contributed by atoms with Crippen LogP contribution in [-0.4, -0.2) is 96.7 Å². The van der Waals surface area contributed by atoms with Gasteiger partial charge in [0.2, 0.25) is 11.9 Å². The number of anilines is 3. The number of carbonyl (C=O) groups excluding carboxylic acids is 2. The lowest BCUT2D eigenvalue weighted by Gasteiger charge is -2.22. The first kappa shape index (κ1) is 42.0. The summed E-state index contributed by atoms with van der Waals surface area (Å²) in [6.45, 7) is 3.46. The number of carbonyl (C=O) groups is 2. The highest BCUT2D eigenvalue weighted by molar-refractivity contribution is 5.89. The number of imidazole rings is 1. The van der Waals surface area contributed by atoms with Crippen molar-refractivity contribution in [1.29, 1.82) is 0 Å². The van der Waals surface area contributed by atoms with Crippen molar-refractivity contribution in [1.82, 2.24) is 35.1 Å². The van der Waals surface area contributed by atoms with Crippen molar-refractivity contribution in [3.63, 3.8) is 0 Å². The molecule has 1 aliphatic heterocycles. The lowest BCUT2D eigenvalue weighted by Crippen LogP contribution is -2.46. The Balaban J connectivity index is 0.00000544. The maximum absolute atomic E-state index is 13.2. The van der Waals surface area contributed by atoms with Gasteiger partial charge in [-0.2, -0.15) is 9.97 Å². The Morgan fingerprint density at radius 1 is 0.883 bits per heavy atom. The molecule has 60 heavy (non-hydrogen) atoms. The molecule has 312 valence electrons. The van der Waals surface area contributed by atoms with Crippen LogP contribution in [0.4, 0.5) is 22.2 Å². The number of hydrogen-bond donors (Lipinski definition) is 6. The minimum absolute atomic E-state index is 0. The Morgan fingerprint density at radius 3 is 2.27 bits per heavy atom. The van der Waals surface area contributed by atoms with Gasteiger partial charge in [-0.1, -0.05) is 91.0 Å². The molecule has 4 heterocycles. The SMILES string of the molecule is C[C@@H](OCc1ccccc1)C(=O)N[C@H]1C[C@@H](n2cnc3c(NCC(c4ccccc4)c4ccccc4)nc(N4CC[C@@H](NC(=O)Nc5cccnc5)C4)nc32)[C@H](O)[C@@H]1O.Cl. The van der Waals surface area contributed by atoms with Crippen molar-refractivity contribution in [3.05, 3.63) is 139 Å². The fraction of sp³-hybridized carbons (Fsp3) is 0.318. The number of ether oxygens (including phenoxy) is 1. The molecule has 0 unspecified atom stereocenters. The van der Waals surface area contributed by atoms with Crippen LogP contribution in [0.3, 0.4) is 0 Å². The number of nitrogens with one attached hydrogen (secondary N) is 4. The Kier molecular flexibility index (Phi) is 13.5. The highest BCUT2D eigenvalue weighted by Gasteiger charge is 2.44. The molecule has 0 spiro atoms. The Labute approximate surface area is 354 Å². The monoisotopic (exact) mass is 832 g/mol. The van der Waals surface area contributed by atoms with Gasteiger partial charge in [0.15, 0.2) is 17.0 Å². The van der Waals surface area contributed by atoms with Gasteiger partial charge in [0.05, 0.1) is 36.9 Å². The first-order valence-corrected chi connectivity index (χ1v) is 19.9. The molecule has 3 amide bonds. The number of rotatable bonds is 14. The number of nitrogens with zero attached hydrogens (tertiary/aromatic N) is 6. The number of aliphatic hydroxyl groups excluding tert-OH is 2. The molecule has 6 aromatic rings. The van der Waals surface area contributed by atoms with Gasteiger partial charge >= 0.3 is 6.03 Å². The standard InChI is InChI=1S/C44H48N10O5.ClH/c1-28(59-26-29-12-5-2-6-13-29)42(57)50-35-22-36(39(56)38(35)55)54-27-47-37-40(46-24-34(30-14-7-3-8-15-30)31-16-9-4-10-17-31)51-43(52-41(37)54)53-21-19-33(25-53)49-44(58)48-32-18-11-20-45-23-32;/h2-18,20,23,27-28,33-36,38-39,55-56H,19,21-22,24-26H2,1H3,(H,50,57)(H,46,51,52)(H2,48,49,58);1H/t28-,33-,35+,36-,38-,39+;/m1./s1. The summed E-state index contributed by atoms with van der Waals surface area (Å²) in [5.41, 5.74) is 4.76. The molecule has 1 aliphatic carbocycles. The fourth-order valence-corrected chi connectivity index (χ4v) is 7.86. The second-order valence-corrected chi connectivity index (χ2v) is 15.1. The third-order valence-corrected chi connectivity index (χ3v) is 11.1. The van der Waals surface area contributed by atoms with Gasteiger partial charge in [0, 0.05) is 37.8 Å². The number of aromatic nitrogens is 5. The van der Waals surface area contributed by atoms with E-state index in [1.165, 1.54) is 0 Å². The normalized spacial score (nSPS) is 20.4. The summed E-state index contributed by atoms with van der Waals surface area (Å²) in [4.78, 5) is 46.9.